The number of nitrogens with zero attached hydrogens (tertiary/aromatic N) is 2. The van der Waals surface area contributed by atoms with Gasteiger partial charge in [-0.3, -0.25) is 14.2 Å². The molecule has 1 heterocycles. The zero-order chi connectivity index (χ0) is 22.5. The summed E-state index contributed by atoms with van der Waals surface area (Å²) in [7, 11) is 1.59. The second kappa shape index (κ2) is 9.89. The van der Waals surface area contributed by atoms with Gasteiger partial charge in [0.2, 0.25) is 5.91 Å². The Morgan fingerprint density at radius 2 is 1.78 bits per heavy atom. The maximum Gasteiger partial charge on any atom is 0.262 e. The lowest BCUT2D eigenvalue weighted by molar-refractivity contribution is -0.113. The van der Waals surface area contributed by atoms with Crippen LogP contribution in [0.4, 0.5) is 5.69 Å². The van der Waals surface area contributed by atoms with Crippen LogP contribution >= 0.6 is 23.4 Å². The number of aromatic nitrogens is 2. The average Bonchev–Trinajstić information content (AvgIpc) is 2.81. The SMILES string of the molecule is COc1ccc(NC(=O)CSc2nc3ccccc3c(=O)n2Cc2ccccc2Cl)cc1. The molecule has 32 heavy (non-hydrogen) atoms. The number of thioether (sulfide) groups is 1. The number of carbonyl (C=O) groups excluding carboxylic acids is 1. The van der Waals surface area contributed by atoms with Crippen molar-refractivity contribution >= 4 is 45.9 Å². The van der Waals surface area contributed by atoms with Crippen molar-refractivity contribution in [2.75, 3.05) is 18.2 Å². The number of hydrogen-bond acceptors (Lipinski definition) is 5. The largest absolute Gasteiger partial charge is 0.497 e. The van der Waals surface area contributed by atoms with E-state index in [0.717, 1.165) is 5.56 Å². The number of para-hydroxylation sites is 1. The van der Waals surface area contributed by atoms with Crippen LogP contribution in [0.15, 0.2) is 82.7 Å². The highest BCUT2D eigenvalue weighted by atomic mass is 35.5. The van der Waals surface area contributed by atoms with Gasteiger partial charge in [-0.15, -0.1) is 0 Å². The Kier molecular flexibility index (Phi) is 6.78. The van der Waals surface area contributed by atoms with Crippen LogP contribution < -0.4 is 15.6 Å². The van der Waals surface area contributed by atoms with Gasteiger partial charge < -0.3 is 10.1 Å². The van der Waals surface area contributed by atoms with Gasteiger partial charge in [-0.2, -0.15) is 0 Å². The van der Waals surface area contributed by atoms with E-state index < -0.39 is 0 Å². The van der Waals surface area contributed by atoms with E-state index in [1.807, 2.05) is 24.3 Å². The first-order valence-corrected chi connectivity index (χ1v) is 11.2. The lowest BCUT2D eigenvalue weighted by Gasteiger charge is -2.14. The van der Waals surface area contributed by atoms with Crippen LogP contribution in [0.2, 0.25) is 5.02 Å². The lowest BCUT2D eigenvalue weighted by Crippen LogP contribution is -2.25. The highest BCUT2D eigenvalue weighted by Gasteiger charge is 2.15. The van der Waals surface area contributed by atoms with Gasteiger partial charge in [-0.1, -0.05) is 53.7 Å². The summed E-state index contributed by atoms with van der Waals surface area (Å²) in [6.07, 6.45) is 0. The lowest BCUT2D eigenvalue weighted by atomic mass is 10.2. The second-order valence-corrected chi connectivity index (χ2v) is 8.31. The van der Waals surface area contributed by atoms with Gasteiger partial charge in [0, 0.05) is 10.7 Å². The average molecular weight is 466 g/mol. The Hall–Kier alpha value is -3.29. The van der Waals surface area contributed by atoms with E-state index in [4.69, 9.17) is 16.3 Å². The van der Waals surface area contributed by atoms with Crippen LogP contribution in [0.25, 0.3) is 10.9 Å². The molecule has 3 aromatic carbocycles. The summed E-state index contributed by atoms with van der Waals surface area (Å²) in [4.78, 5) is 30.4. The summed E-state index contributed by atoms with van der Waals surface area (Å²) in [5, 5.41) is 4.39. The van der Waals surface area contributed by atoms with Crippen molar-refractivity contribution in [2.24, 2.45) is 0 Å². The molecule has 0 atom stereocenters. The molecule has 162 valence electrons. The van der Waals surface area contributed by atoms with Crippen molar-refractivity contribution in [3.63, 3.8) is 0 Å². The molecular formula is C24H20ClN3O3S. The van der Waals surface area contributed by atoms with Crippen LogP contribution in [-0.2, 0) is 11.3 Å². The number of amides is 1. The van der Waals surface area contributed by atoms with Crippen molar-refractivity contribution in [1.82, 2.24) is 9.55 Å². The van der Waals surface area contributed by atoms with Gasteiger partial charge >= 0.3 is 0 Å². The number of anilines is 1. The van der Waals surface area contributed by atoms with Gasteiger partial charge in [0.15, 0.2) is 5.16 Å². The van der Waals surface area contributed by atoms with Gasteiger partial charge in [-0.25, -0.2) is 4.98 Å². The highest BCUT2D eigenvalue weighted by molar-refractivity contribution is 7.99. The molecule has 0 fully saturated rings. The minimum absolute atomic E-state index is 0.0966. The van der Waals surface area contributed by atoms with Crippen molar-refractivity contribution in [1.29, 1.82) is 0 Å². The molecule has 0 bridgehead atoms. The summed E-state index contributed by atoms with van der Waals surface area (Å²) in [5.74, 6) is 0.604. The standard InChI is InChI=1S/C24H20ClN3O3S/c1-31-18-12-10-17(11-13-18)26-22(29)15-32-24-27-21-9-5-3-7-19(21)23(30)28(24)14-16-6-2-4-8-20(16)25/h2-13H,14-15H2,1H3,(H,26,29). The summed E-state index contributed by atoms with van der Waals surface area (Å²) in [5.41, 5.74) is 1.88. The number of halogens is 1. The monoisotopic (exact) mass is 465 g/mol. The molecule has 0 unspecified atom stereocenters. The van der Waals surface area contributed by atoms with Gasteiger partial charge in [0.25, 0.3) is 5.56 Å². The fourth-order valence-corrected chi connectivity index (χ4v) is 4.19. The van der Waals surface area contributed by atoms with Crippen LogP contribution in [0.1, 0.15) is 5.56 Å². The third kappa shape index (κ3) is 4.95. The fraction of sp³-hybridized carbons (Fsp3) is 0.125. The number of rotatable bonds is 7. The summed E-state index contributed by atoms with van der Waals surface area (Å²) < 4.78 is 6.69. The Morgan fingerprint density at radius 3 is 2.53 bits per heavy atom. The molecule has 0 aliphatic carbocycles. The van der Waals surface area contributed by atoms with Gasteiger partial charge in [0.1, 0.15) is 5.75 Å². The molecule has 8 heteroatoms. The van der Waals surface area contributed by atoms with E-state index in [1.165, 1.54) is 11.8 Å². The highest BCUT2D eigenvalue weighted by Crippen LogP contribution is 2.22. The first kappa shape index (κ1) is 21.9. The molecule has 4 rings (SSSR count). The van der Waals surface area contributed by atoms with Crippen molar-refractivity contribution < 1.29 is 9.53 Å². The molecule has 4 aromatic rings. The number of methoxy groups -OCH3 is 1. The van der Waals surface area contributed by atoms with Crippen LogP contribution in [0, 0.1) is 0 Å². The van der Waals surface area contributed by atoms with Crippen LogP contribution in [0.5, 0.6) is 5.75 Å². The fourth-order valence-electron chi connectivity index (χ4n) is 3.20. The number of ether oxygens (including phenoxy) is 1. The molecule has 1 aromatic heterocycles. The maximum absolute atomic E-state index is 13.2. The number of benzene rings is 3. The van der Waals surface area contributed by atoms with Crippen LogP contribution in [-0.4, -0.2) is 28.3 Å². The Labute approximate surface area is 194 Å². The normalized spacial score (nSPS) is 10.8. The van der Waals surface area contributed by atoms with Crippen molar-refractivity contribution in [3.05, 3.63) is 93.7 Å². The molecule has 0 saturated heterocycles. The third-order valence-electron chi connectivity index (χ3n) is 4.82. The first-order chi connectivity index (χ1) is 15.5. The quantitative estimate of drug-likeness (QED) is 0.312. The molecule has 6 nitrogen and oxygen atoms in total. The number of carbonyl (C=O) groups is 1. The molecule has 1 N–H and O–H groups in total. The zero-order valence-corrected chi connectivity index (χ0v) is 18.8. The van der Waals surface area contributed by atoms with Gasteiger partial charge in [0.05, 0.1) is 30.3 Å². The Bertz CT molecular complexity index is 1320. The minimum atomic E-state index is -0.202. The third-order valence-corrected chi connectivity index (χ3v) is 6.16. The minimum Gasteiger partial charge on any atom is -0.497 e. The smallest absolute Gasteiger partial charge is 0.262 e. The zero-order valence-electron chi connectivity index (χ0n) is 17.2. The second-order valence-electron chi connectivity index (χ2n) is 6.96. The number of nitrogens with one attached hydrogen (secondary N) is 1. The molecule has 0 aliphatic heterocycles. The molecular weight excluding hydrogens is 446 g/mol. The van der Waals surface area contributed by atoms with Gasteiger partial charge in [-0.05, 0) is 48.0 Å². The number of hydrogen-bond donors (Lipinski definition) is 1. The van der Waals surface area contributed by atoms with E-state index in [9.17, 15) is 9.59 Å². The predicted molar refractivity (Wildman–Crippen MR) is 129 cm³/mol. The van der Waals surface area contributed by atoms with E-state index >= 15 is 0 Å². The number of fused-ring (bicyclic) bond motifs is 1. The molecule has 0 saturated carbocycles. The summed E-state index contributed by atoms with van der Waals surface area (Å²) in [6, 6.07) is 21.6. The van der Waals surface area contributed by atoms with E-state index in [0.29, 0.717) is 32.5 Å². The molecule has 0 aliphatic rings. The van der Waals surface area contributed by atoms with E-state index in [-0.39, 0.29) is 23.8 Å². The van der Waals surface area contributed by atoms with Crippen molar-refractivity contribution in [3.8, 4) is 5.75 Å². The summed E-state index contributed by atoms with van der Waals surface area (Å²) in [6.45, 7) is 0.263. The first-order valence-electron chi connectivity index (χ1n) is 9.85. The predicted octanol–water partition coefficient (Wildman–Crippen LogP) is 4.84. The molecule has 1 amide bonds. The maximum atomic E-state index is 13.2. The van der Waals surface area contributed by atoms with E-state index in [2.05, 4.69) is 10.3 Å². The van der Waals surface area contributed by atoms with E-state index in [1.54, 1.807) is 60.2 Å². The Balaban J connectivity index is 1.59. The molecule has 0 radical (unpaired) electrons. The van der Waals surface area contributed by atoms with Crippen LogP contribution in [0.3, 0.4) is 0 Å². The molecule has 0 spiro atoms. The van der Waals surface area contributed by atoms with Crippen molar-refractivity contribution in [2.45, 2.75) is 11.7 Å². The Morgan fingerprint density at radius 1 is 1.06 bits per heavy atom. The summed E-state index contributed by atoms with van der Waals surface area (Å²) >= 11 is 7.53. The topological polar surface area (TPSA) is 73.2 Å².